The molecule has 0 spiro atoms. The van der Waals surface area contributed by atoms with E-state index in [9.17, 15) is 13.2 Å². The number of sulfonamides is 1. The summed E-state index contributed by atoms with van der Waals surface area (Å²) in [6.45, 7) is 2.22. The lowest BCUT2D eigenvalue weighted by atomic mass is 10.1. The van der Waals surface area contributed by atoms with Gasteiger partial charge in [-0.2, -0.15) is 0 Å². The molecule has 3 rings (SSSR count). The van der Waals surface area contributed by atoms with E-state index < -0.39 is 16.0 Å². The van der Waals surface area contributed by atoms with Crippen molar-refractivity contribution in [1.82, 2.24) is 4.90 Å². The van der Waals surface area contributed by atoms with E-state index >= 15 is 0 Å². The molecule has 27 heavy (non-hydrogen) atoms. The summed E-state index contributed by atoms with van der Waals surface area (Å²) in [5.41, 5.74) is 0.511. The van der Waals surface area contributed by atoms with E-state index in [-0.39, 0.29) is 9.77 Å². The largest absolute Gasteiger partial charge is 0.465 e. The van der Waals surface area contributed by atoms with Crippen molar-refractivity contribution in [2.45, 2.75) is 27.2 Å². The summed E-state index contributed by atoms with van der Waals surface area (Å²) in [7, 11) is -0.480. The molecule has 1 N–H and O–H groups in total. The lowest BCUT2D eigenvalue weighted by Crippen LogP contribution is -2.31. The van der Waals surface area contributed by atoms with E-state index in [1.807, 2.05) is 23.9 Å². The van der Waals surface area contributed by atoms with Gasteiger partial charge in [0.1, 0.15) is 0 Å². The van der Waals surface area contributed by atoms with Gasteiger partial charge in [0.15, 0.2) is 4.21 Å². The number of hydrogen-bond donors (Lipinski definition) is 1. The Morgan fingerprint density at radius 2 is 1.89 bits per heavy atom. The van der Waals surface area contributed by atoms with Crippen molar-refractivity contribution in [3.05, 3.63) is 41.3 Å². The second-order valence-electron chi connectivity index (χ2n) is 6.36. The van der Waals surface area contributed by atoms with Crippen LogP contribution in [-0.4, -0.2) is 51.8 Å². The summed E-state index contributed by atoms with van der Waals surface area (Å²) in [5, 5.41) is 2.15. The lowest BCUT2D eigenvalue weighted by Gasteiger charge is -2.28. The summed E-state index contributed by atoms with van der Waals surface area (Å²) in [5.74, 6) is -0.665. The standard InChI is InChI=1S/C18H22N2O4S3/c1-20-10-7-15(8-11-20)26-14-5-3-13(4-6-14)19-27(22,23)18-16(9-12-25-18)17(21)24-2/h3-6,9,12,15,19H,7-8,10-11H2,1-2H3. The van der Waals surface area contributed by atoms with Crippen molar-refractivity contribution in [2.24, 2.45) is 0 Å². The van der Waals surface area contributed by atoms with Gasteiger partial charge < -0.3 is 9.64 Å². The molecule has 1 fully saturated rings. The normalized spacial score (nSPS) is 16.2. The number of anilines is 1. The van der Waals surface area contributed by atoms with E-state index in [2.05, 4.69) is 21.4 Å². The Kier molecular flexibility index (Phi) is 6.46. The number of esters is 1. The number of nitrogens with zero attached hydrogens (tertiary/aromatic N) is 1. The van der Waals surface area contributed by atoms with Crippen molar-refractivity contribution < 1.29 is 17.9 Å². The van der Waals surface area contributed by atoms with Crippen molar-refractivity contribution >= 4 is 44.8 Å². The van der Waals surface area contributed by atoms with Gasteiger partial charge in [-0.1, -0.05) is 0 Å². The average molecular weight is 427 g/mol. The maximum absolute atomic E-state index is 12.6. The number of thiophene rings is 1. The van der Waals surface area contributed by atoms with E-state index in [1.165, 1.54) is 13.2 Å². The molecular formula is C18H22N2O4S3. The minimum atomic E-state index is -3.85. The van der Waals surface area contributed by atoms with Gasteiger partial charge >= 0.3 is 5.97 Å². The molecule has 146 valence electrons. The van der Waals surface area contributed by atoms with Crippen LogP contribution in [0.4, 0.5) is 5.69 Å². The fourth-order valence-electron chi connectivity index (χ4n) is 2.86. The summed E-state index contributed by atoms with van der Waals surface area (Å²) >= 11 is 2.82. The number of carbonyl (C=O) groups is 1. The molecule has 6 nitrogen and oxygen atoms in total. The van der Waals surface area contributed by atoms with Gasteiger partial charge in [-0.05, 0) is 68.7 Å². The molecule has 2 heterocycles. The Balaban J connectivity index is 1.67. The SMILES string of the molecule is COC(=O)c1ccsc1S(=O)(=O)Nc1ccc(SC2CCN(C)CC2)cc1. The number of carbonyl (C=O) groups excluding carboxylic acids is 1. The number of ether oxygens (including phenoxy) is 1. The molecule has 9 heteroatoms. The predicted octanol–water partition coefficient (Wildman–Crippen LogP) is 3.52. The Morgan fingerprint density at radius 3 is 2.52 bits per heavy atom. The highest BCUT2D eigenvalue weighted by molar-refractivity contribution is 8.00. The van der Waals surface area contributed by atoms with Crippen LogP contribution in [0.25, 0.3) is 0 Å². The maximum Gasteiger partial charge on any atom is 0.340 e. The first kappa shape index (κ1) is 20.2. The maximum atomic E-state index is 12.6. The lowest BCUT2D eigenvalue weighted by molar-refractivity contribution is 0.0597. The third kappa shape index (κ3) is 5.04. The molecule has 0 atom stereocenters. The fourth-order valence-corrected chi connectivity index (χ4v) is 6.37. The van der Waals surface area contributed by atoms with Gasteiger partial charge in [0.05, 0.1) is 12.7 Å². The first-order valence-corrected chi connectivity index (χ1v) is 11.8. The Hall–Kier alpha value is -1.55. The van der Waals surface area contributed by atoms with E-state index in [0.29, 0.717) is 10.9 Å². The molecule has 1 aromatic heterocycles. The predicted molar refractivity (Wildman–Crippen MR) is 109 cm³/mol. The first-order chi connectivity index (χ1) is 12.9. The van der Waals surface area contributed by atoms with Gasteiger partial charge in [-0.25, -0.2) is 13.2 Å². The van der Waals surface area contributed by atoms with E-state index in [0.717, 1.165) is 42.2 Å². The van der Waals surface area contributed by atoms with Crippen molar-refractivity contribution in [1.29, 1.82) is 0 Å². The number of nitrogens with one attached hydrogen (secondary N) is 1. The Bertz CT molecular complexity index is 886. The van der Waals surface area contributed by atoms with Crippen molar-refractivity contribution in [3.8, 4) is 0 Å². The van der Waals surface area contributed by atoms with Gasteiger partial charge in [-0.15, -0.1) is 23.1 Å². The van der Waals surface area contributed by atoms with Crippen LogP contribution in [0.1, 0.15) is 23.2 Å². The molecule has 2 aromatic rings. The summed E-state index contributed by atoms with van der Waals surface area (Å²) < 4.78 is 32.4. The number of piperidine rings is 1. The number of methoxy groups -OCH3 is 1. The molecule has 0 radical (unpaired) electrons. The van der Waals surface area contributed by atoms with Crippen LogP contribution >= 0.6 is 23.1 Å². The quantitative estimate of drug-likeness (QED) is 0.713. The molecule has 1 aromatic carbocycles. The zero-order valence-corrected chi connectivity index (χ0v) is 17.6. The highest BCUT2D eigenvalue weighted by Crippen LogP contribution is 2.31. The average Bonchev–Trinajstić information content (AvgIpc) is 3.15. The van der Waals surface area contributed by atoms with Crippen LogP contribution in [0.15, 0.2) is 44.8 Å². The highest BCUT2D eigenvalue weighted by Gasteiger charge is 2.25. The molecule has 0 unspecified atom stereocenters. The smallest absolute Gasteiger partial charge is 0.340 e. The fraction of sp³-hybridized carbons (Fsp3) is 0.389. The molecule has 1 saturated heterocycles. The van der Waals surface area contributed by atoms with Crippen LogP contribution < -0.4 is 4.72 Å². The van der Waals surface area contributed by atoms with Crippen LogP contribution in [0.5, 0.6) is 0 Å². The Labute approximate surface area is 168 Å². The molecular weight excluding hydrogens is 404 g/mol. The Morgan fingerprint density at radius 1 is 1.22 bits per heavy atom. The zero-order valence-electron chi connectivity index (χ0n) is 15.2. The van der Waals surface area contributed by atoms with Gasteiger partial charge in [0.25, 0.3) is 10.0 Å². The van der Waals surface area contributed by atoms with Crippen LogP contribution in [-0.2, 0) is 14.8 Å². The summed E-state index contributed by atoms with van der Waals surface area (Å²) in [4.78, 5) is 15.2. The second-order valence-corrected chi connectivity index (χ2v) is 10.5. The third-order valence-electron chi connectivity index (χ3n) is 4.35. The second kappa shape index (κ2) is 8.64. The zero-order chi connectivity index (χ0) is 19.4. The van der Waals surface area contributed by atoms with Gasteiger partial charge in [0, 0.05) is 15.8 Å². The molecule has 0 amide bonds. The number of benzene rings is 1. The summed E-state index contributed by atoms with van der Waals surface area (Å²) in [6, 6.07) is 8.81. The van der Waals surface area contributed by atoms with Crippen molar-refractivity contribution in [3.63, 3.8) is 0 Å². The highest BCUT2D eigenvalue weighted by atomic mass is 32.2. The number of thioether (sulfide) groups is 1. The number of likely N-dealkylation sites (tertiary alicyclic amines) is 1. The molecule has 0 aliphatic carbocycles. The monoisotopic (exact) mass is 426 g/mol. The van der Waals surface area contributed by atoms with Crippen molar-refractivity contribution in [2.75, 3.05) is 32.0 Å². The summed E-state index contributed by atoms with van der Waals surface area (Å²) in [6.07, 6.45) is 2.31. The molecule has 1 aliphatic rings. The topological polar surface area (TPSA) is 75.7 Å². The van der Waals surface area contributed by atoms with Gasteiger partial charge in [0.2, 0.25) is 0 Å². The molecule has 0 saturated carbocycles. The van der Waals surface area contributed by atoms with Crippen LogP contribution in [0, 0.1) is 0 Å². The third-order valence-corrected chi connectivity index (χ3v) is 8.57. The minimum Gasteiger partial charge on any atom is -0.465 e. The number of hydrogen-bond acceptors (Lipinski definition) is 7. The minimum absolute atomic E-state index is 0.0425. The van der Waals surface area contributed by atoms with E-state index in [4.69, 9.17) is 0 Å². The van der Waals surface area contributed by atoms with Crippen LogP contribution in [0.2, 0.25) is 0 Å². The molecule has 0 bridgehead atoms. The number of rotatable bonds is 6. The first-order valence-electron chi connectivity index (χ1n) is 8.53. The van der Waals surface area contributed by atoms with E-state index in [1.54, 1.807) is 17.5 Å². The van der Waals surface area contributed by atoms with Crippen LogP contribution in [0.3, 0.4) is 0 Å². The molecule has 1 aliphatic heterocycles. The van der Waals surface area contributed by atoms with Gasteiger partial charge in [-0.3, -0.25) is 4.72 Å².